The fourth-order valence-electron chi connectivity index (χ4n) is 2.75. The van der Waals surface area contributed by atoms with Crippen LogP contribution in [0, 0.1) is 0 Å². The van der Waals surface area contributed by atoms with E-state index in [1.165, 1.54) is 0 Å². The van der Waals surface area contributed by atoms with E-state index in [2.05, 4.69) is 4.72 Å². The minimum atomic E-state index is -3.63. The molecule has 3 aromatic carbocycles. The van der Waals surface area contributed by atoms with Crippen LogP contribution in [-0.4, -0.2) is 8.42 Å². The third-order valence-electron chi connectivity index (χ3n) is 4.18. The molecule has 0 spiro atoms. The van der Waals surface area contributed by atoms with E-state index in [0.29, 0.717) is 0 Å². The molecule has 0 bridgehead atoms. The van der Waals surface area contributed by atoms with Crippen molar-refractivity contribution in [3.8, 4) is 0 Å². The molecule has 0 fully saturated rings. The minimum Gasteiger partial charge on any atom is -0.207 e. The van der Waals surface area contributed by atoms with Gasteiger partial charge in [0, 0.05) is 0 Å². The Morgan fingerprint density at radius 2 is 1.24 bits per heavy atom. The maximum atomic E-state index is 12.9. The van der Waals surface area contributed by atoms with Gasteiger partial charge in [-0.05, 0) is 35.2 Å². The van der Waals surface area contributed by atoms with E-state index in [9.17, 15) is 8.42 Å². The van der Waals surface area contributed by atoms with Crippen LogP contribution in [0.2, 0.25) is 0 Å². The Morgan fingerprint density at radius 3 is 1.68 bits per heavy atom. The first-order valence-corrected chi connectivity index (χ1v) is 9.79. The molecule has 3 nitrogen and oxygen atoms in total. The summed E-state index contributed by atoms with van der Waals surface area (Å²) in [6, 6.07) is 25.8. The SMILES string of the molecule is CCc1ccc(S(=O)(=O)NC(c2ccccc2)c2ccccc2)cc1. The molecule has 128 valence electrons. The molecule has 0 saturated heterocycles. The summed E-state index contributed by atoms with van der Waals surface area (Å²) in [5, 5.41) is 0. The lowest BCUT2D eigenvalue weighted by Gasteiger charge is -2.20. The van der Waals surface area contributed by atoms with Gasteiger partial charge in [-0.2, -0.15) is 4.72 Å². The van der Waals surface area contributed by atoms with Crippen molar-refractivity contribution in [2.75, 3.05) is 0 Å². The second-order valence-corrected chi connectivity index (χ2v) is 7.59. The van der Waals surface area contributed by atoms with Gasteiger partial charge in [0.25, 0.3) is 0 Å². The molecule has 25 heavy (non-hydrogen) atoms. The van der Waals surface area contributed by atoms with Crippen molar-refractivity contribution < 1.29 is 8.42 Å². The number of sulfonamides is 1. The molecule has 3 aromatic rings. The Bertz CT molecular complexity index is 866. The molecular weight excluding hydrogens is 330 g/mol. The van der Waals surface area contributed by atoms with Crippen LogP contribution in [0.4, 0.5) is 0 Å². The third-order valence-corrected chi connectivity index (χ3v) is 5.62. The molecule has 0 radical (unpaired) electrons. The van der Waals surface area contributed by atoms with Gasteiger partial charge in [0.15, 0.2) is 0 Å². The van der Waals surface area contributed by atoms with Crippen molar-refractivity contribution in [2.24, 2.45) is 0 Å². The predicted octanol–water partition coefficient (Wildman–Crippen LogP) is 4.32. The van der Waals surface area contributed by atoms with Crippen LogP contribution in [0.25, 0.3) is 0 Å². The highest BCUT2D eigenvalue weighted by Gasteiger charge is 2.22. The second-order valence-electron chi connectivity index (χ2n) is 5.87. The van der Waals surface area contributed by atoms with Gasteiger partial charge >= 0.3 is 0 Å². The average molecular weight is 351 g/mol. The van der Waals surface area contributed by atoms with E-state index in [0.717, 1.165) is 23.1 Å². The molecule has 0 atom stereocenters. The van der Waals surface area contributed by atoms with Crippen molar-refractivity contribution >= 4 is 10.0 Å². The first kappa shape index (κ1) is 17.4. The summed E-state index contributed by atoms with van der Waals surface area (Å²) in [6.07, 6.45) is 0.879. The zero-order chi connectivity index (χ0) is 17.7. The van der Waals surface area contributed by atoms with Gasteiger partial charge in [0.2, 0.25) is 10.0 Å². The average Bonchev–Trinajstić information content (AvgIpc) is 2.67. The quantitative estimate of drug-likeness (QED) is 0.719. The summed E-state index contributed by atoms with van der Waals surface area (Å²) in [7, 11) is -3.63. The van der Waals surface area contributed by atoms with Gasteiger partial charge in [-0.25, -0.2) is 8.42 Å². The Labute approximate surface area is 149 Å². The molecular formula is C21H21NO2S. The molecule has 0 aliphatic carbocycles. The van der Waals surface area contributed by atoms with Gasteiger partial charge in [0.1, 0.15) is 0 Å². The number of hydrogen-bond acceptors (Lipinski definition) is 2. The number of benzene rings is 3. The fraction of sp³-hybridized carbons (Fsp3) is 0.143. The number of hydrogen-bond donors (Lipinski definition) is 1. The second kappa shape index (κ2) is 7.64. The summed E-state index contributed by atoms with van der Waals surface area (Å²) in [5.74, 6) is 0. The van der Waals surface area contributed by atoms with Crippen LogP contribution >= 0.6 is 0 Å². The number of nitrogens with one attached hydrogen (secondary N) is 1. The normalized spacial score (nSPS) is 11.6. The molecule has 4 heteroatoms. The van der Waals surface area contributed by atoms with E-state index in [1.54, 1.807) is 12.1 Å². The molecule has 0 saturated carbocycles. The van der Waals surface area contributed by atoms with Crippen LogP contribution in [0.3, 0.4) is 0 Å². The molecule has 0 aromatic heterocycles. The maximum Gasteiger partial charge on any atom is 0.241 e. The van der Waals surface area contributed by atoms with Crippen LogP contribution in [0.5, 0.6) is 0 Å². The first-order valence-electron chi connectivity index (χ1n) is 8.31. The Morgan fingerprint density at radius 1 is 0.760 bits per heavy atom. The largest absolute Gasteiger partial charge is 0.241 e. The summed E-state index contributed by atoms with van der Waals surface area (Å²) in [5.41, 5.74) is 2.92. The van der Waals surface area contributed by atoms with Gasteiger partial charge in [0.05, 0.1) is 10.9 Å². The van der Waals surface area contributed by atoms with Gasteiger partial charge in [-0.1, -0.05) is 79.7 Å². The number of rotatable bonds is 6. The summed E-state index contributed by atoms with van der Waals surface area (Å²) >= 11 is 0. The molecule has 0 aliphatic rings. The topological polar surface area (TPSA) is 46.2 Å². The van der Waals surface area contributed by atoms with Crippen LogP contribution < -0.4 is 4.72 Å². The highest BCUT2D eigenvalue weighted by atomic mass is 32.2. The lowest BCUT2D eigenvalue weighted by atomic mass is 10.00. The van der Waals surface area contributed by atoms with E-state index in [-0.39, 0.29) is 4.90 Å². The van der Waals surface area contributed by atoms with E-state index < -0.39 is 16.1 Å². The zero-order valence-corrected chi connectivity index (χ0v) is 14.9. The zero-order valence-electron chi connectivity index (χ0n) is 14.1. The van der Waals surface area contributed by atoms with E-state index in [1.807, 2.05) is 79.7 Å². The number of aryl methyl sites for hydroxylation is 1. The Balaban J connectivity index is 1.97. The van der Waals surface area contributed by atoms with Gasteiger partial charge in [-0.15, -0.1) is 0 Å². The molecule has 3 rings (SSSR count). The minimum absolute atomic E-state index is 0.279. The molecule has 1 N–H and O–H groups in total. The van der Waals surface area contributed by atoms with Crippen LogP contribution in [0.15, 0.2) is 89.8 Å². The highest BCUT2D eigenvalue weighted by molar-refractivity contribution is 7.89. The van der Waals surface area contributed by atoms with Crippen molar-refractivity contribution in [3.05, 3.63) is 102 Å². The van der Waals surface area contributed by atoms with E-state index in [4.69, 9.17) is 0 Å². The van der Waals surface area contributed by atoms with Gasteiger partial charge in [-0.3, -0.25) is 0 Å². The molecule has 0 amide bonds. The Kier molecular flexibility index (Phi) is 5.31. The van der Waals surface area contributed by atoms with Crippen LogP contribution in [-0.2, 0) is 16.4 Å². The smallest absolute Gasteiger partial charge is 0.207 e. The summed E-state index contributed by atoms with van der Waals surface area (Å²) < 4.78 is 28.6. The van der Waals surface area contributed by atoms with Gasteiger partial charge < -0.3 is 0 Å². The van der Waals surface area contributed by atoms with Crippen LogP contribution in [0.1, 0.15) is 29.7 Å². The predicted molar refractivity (Wildman–Crippen MR) is 101 cm³/mol. The summed E-state index contributed by atoms with van der Waals surface area (Å²) in [4.78, 5) is 0.279. The monoisotopic (exact) mass is 351 g/mol. The Hall–Kier alpha value is -2.43. The fourth-order valence-corrected chi connectivity index (χ4v) is 3.96. The molecule has 0 unspecified atom stereocenters. The highest BCUT2D eigenvalue weighted by Crippen LogP contribution is 2.24. The third kappa shape index (κ3) is 4.16. The first-order chi connectivity index (χ1) is 12.1. The maximum absolute atomic E-state index is 12.9. The lowest BCUT2D eigenvalue weighted by molar-refractivity contribution is 0.572. The molecule has 0 aliphatic heterocycles. The van der Waals surface area contributed by atoms with Crippen molar-refractivity contribution in [2.45, 2.75) is 24.3 Å². The standard InChI is InChI=1S/C21H21NO2S/c1-2-17-13-15-20(16-14-17)25(23,24)22-21(18-9-5-3-6-10-18)19-11-7-4-8-12-19/h3-16,21-22H,2H2,1H3. The summed E-state index contributed by atoms with van der Waals surface area (Å²) in [6.45, 7) is 2.04. The van der Waals surface area contributed by atoms with Crippen molar-refractivity contribution in [1.29, 1.82) is 0 Å². The van der Waals surface area contributed by atoms with Crippen molar-refractivity contribution in [3.63, 3.8) is 0 Å². The van der Waals surface area contributed by atoms with E-state index >= 15 is 0 Å². The molecule has 0 heterocycles. The lowest BCUT2D eigenvalue weighted by Crippen LogP contribution is -2.29. The van der Waals surface area contributed by atoms with Crippen molar-refractivity contribution in [1.82, 2.24) is 4.72 Å².